The van der Waals surface area contributed by atoms with Crippen LogP contribution in [0.2, 0.25) is 0 Å². The zero-order valence-corrected chi connectivity index (χ0v) is 10.5. The molecule has 0 spiro atoms. The summed E-state index contributed by atoms with van der Waals surface area (Å²) in [5, 5.41) is 0. The Morgan fingerprint density at radius 1 is 1.18 bits per heavy atom. The maximum atomic E-state index is 5.84. The van der Waals surface area contributed by atoms with Gasteiger partial charge in [0.1, 0.15) is 6.10 Å². The van der Waals surface area contributed by atoms with Crippen LogP contribution in [0.15, 0.2) is 23.3 Å². The third kappa shape index (κ3) is 2.99. The van der Waals surface area contributed by atoms with Gasteiger partial charge in [0.15, 0.2) is 0 Å². The number of hydrogen-bond donors (Lipinski definition) is 0. The van der Waals surface area contributed by atoms with Crippen molar-refractivity contribution in [1.29, 1.82) is 0 Å². The molecule has 0 aromatic heterocycles. The van der Waals surface area contributed by atoms with Crippen molar-refractivity contribution in [2.45, 2.75) is 44.6 Å². The van der Waals surface area contributed by atoms with Crippen molar-refractivity contribution in [3.05, 3.63) is 23.3 Å². The van der Waals surface area contributed by atoms with Crippen LogP contribution in [0.25, 0.3) is 0 Å². The summed E-state index contributed by atoms with van der Waals surface area (Å²) in [5.41, 5.74) is 3.27. The topological polar surface area (TPSA) is 21.8 Å². The average Bonchev–Trinajstić information content (AvgIpc) is 2.88. The van der Waals surface area contributed by atoms with Crippen LogP contribution in [0.5, 0.6) is 0 Å². The maximum absolute atomic E-state index is 5.84. The predicted octanol–water partition coefficient (Wildman–Crippen LogP) is 3.24. The minimum Gasteiger partial charge on any atom is -0.378 e. The van der Waals surface area contributed by atoms with Crippen LogP contribution in [-0.4, -0.2) is 25.9 Å². The molecule has 1 heterocycles. The number of hydrogen-bond acceptors (Lipinski definition) is 2. The Labute approximate surface area is 104 Å². The summed E-state index contributed by atoms with van der Waals surface area (Å²) in [7, 11) is 0. The fraction of sp³-hybridized carbons (Fsp3) is 0.733. The minimum absolute atomic E-state index is 0.394. The molecule has 0 aromatic carbocycles. The van der Waals surface area contributed by atoms with Crippen LogP contribution in [0, 0.1) is 5.92 Å². The molecular formula is C15H22O2. The Morgan fingerprint density at radius 3 is 2.29 bits per heavy atom. The molecule has 0 N–H and O–H groups in total. The van der Waals surface area contributed by atoms with Gasteiger partial charge in [-0.15, -0.1) is 0 Å². The van der Waals surface area contributed by atoms with Gasteiger partial charge >= 0.3 is 0 Å². The van der Waals surface area contributed by atoms with Crippen LogP contribution >= 0.6 is 0 Å². The molecule has 0 amide bonds. The Morgan fingerprint density at radius 2 is 1.82 bits per heavy atom. The van der Waals surface area contributed by atoms with Crippen LogP contribution in [-0.2, 0) is 9.47 Å². The van der Waals surface area contributed by atoms with Gasteiger partial charge in [0, 0.05) is 5.92 Å². The van der Waals surface area contributed by atoms with Crippen molar-refractivity contribution in [3.63, 3.8) is 0 Å². The highest BCUT2D eigenvalue weighted by molar-refractivity contribution is 5.25. The molecular weight excluding hydrogens is 212 g/mol. The van der Waals surface area contributed by atoms with E-state index >= 15 is 0 Å². The predicted molar refractivity (Wildman–Crippen MR) is 67.9 cm³/mol. The lowest BCUT2D eigenvalue weighted by atomic mass is 9.90. The highest BCUT2D eigenvalue weighted by Crippen LogP contribution is 2.35. The Bertz CT molecular complexity index is 302. The standard InChI is InChI=1S/C15H22O2/c1-2-6-12(5-1)15(13-7-3-4-8-13)11-16-9-14-10-17-14/h5,7,14-15H,1-4,6,8-11H2. The van der Waals surface area contributed by atoms with Gasteiger partial charge in [-0.05, 0) is 38.5 Å². The molecule has 3 aliphatic rings. The van der Waals surface area contributed by atoms with Gasteiger partial charge < -0.3 is 9.47 Å². The van der Waals surface area contributed by atoms with Crippen LogP contribution in [0.3, 0.4) is 0 Å². The number of ether oxygens (including phenoxy) is 2. The Kier molecular flexibility index (Phi) is 3.62. The van der Waals surface area contributed by atoms with Gasteiger partial charge in [0.05, 0.1) is 19.8 Å². The molecule has 2 heteroatoms. The van der Waals surface area contributed by atoms with E-state index in [-0.39, 0.29) is 0 Å². The van der Waals surface area contributed by atoms with Gasteiger partial charge in [0.25, 0.3) is 0 Å². The van der Waals surface area contributed by atoms with E-state index in [0.29, 0.717) is 12.0 Å². The highest BCUT2D eigenvalue weighted by atomic mass is 16.6. The molecule has 0 bridgehead atoms. The van der Waals surface area contributed by atoms with Gasteiger partial charge in [-0.2, -0.15) is 0 Å². The summed E-state index contributed by atoms with van der Waals surface area (Å²) >= 11 is 0. The summed E-state index contributed by atoms with van der Waals surface area (Å²) < 4.78 is 11.0. The Hall–Kier alpha value is -0.600. The molecule has 1 saturated heterocycles. The lowest BCUT2D eigenvalue weighted by Gasteiger charge is -2.20. The first kappa shape index (κ1) is 11.5. The molecule has 2 nitrogen and oxygen atoms in total. The molecule has 3 rings (SSSR count). The molecule has 1 atom stereocenters. The Balaban J connectivity index is 1.58. The van der Waals surface area contributed by atoms with Gasteiger partial charge in [-0.25, -0.2) is 0 Å². The van der Waals surface area contributed by atoms with Crippen molar-refractivity contribution in [3.8, 4) is 0 Å². The second kappa shape index (κ2) is 5.36. The summed E-state index contributed by atoms with van der Waals surface area (Å²) in [4.78, 5) is 0. The van der Waals surface area contributed by atoms with E-state index in [1.165, 1.54) is 38.5 Å². The zero-order valence-electron chi connectivity index (χ0n) is 10.5. The third-order valence-electron chi connectivity index (χ3n) is 4.04. The van der Waals surface area contributed by atoms with Crippen molar-refractivity contribution in [2.75, 3.05) is 19.8 Å². The molecule has 1 fully saturated rings. The summed E-state index contributed by atoms with van der Waals surface area (Å²) in [6.45, 7) is 2.56. The summed E-state index contributed by atoms with van der Waals surface area (Å²) in [5.74, 6) is 0.582. The summed E-state index contributed by atoms with van der Waals surface area (Å²) in [6.07, 6.45) is 13.1. The quantitative estimate of drug-likeness (QED) is 0.520. The maximum Gasteiger partial charge on any atom is 0.104 e. The molecule has 1 aliphatic heterocycles. The van der Waals surface area contributed by atoms with E-state index in [1.807, 2.05) is 0 Å². The molecule has 0 radical (unpaired) electrons. The first-order chi connectivity index (χ1) is 8.43. The van der Waals surface area contributed by atoms with E-state index in [0.717, 1.165) is 19.8 Å². The van der Waals surface area contributed by atoms with Crippen molar-refractivity contribution >= 4 is 0 Å². The fourth-order valence-corrected chi connectivity index (χ4v) is 2.96. The molecule has 2 aliphatic carbocycles. The van der Waals surface area contributed by atoms with E-state index in [9.17, 15) is 0 Å². The minimum atomic E-state index is 0.394. The van der Waals surface area contributed by atoms with Gasteiger partial charge in [-0.3, -0.25) is 0 Å². The number of allylic oxidation sites excluding steroid dienone is 2. The van der Waals surface area contributed by atoms with Gasteiger partial charge in [-0.1, -0.05) is 23.3 Å². The molecule has 0 aromatic rings. The van der Waals surface area contributed by atoms with Crippen LogP contribution in [0.4, 0.5) is 0 Å². The fourth-order valence-electron chi connectivity index (χ4n) is 2.96. The number of rotatable bonds is 6. The average molecular weight is 234 g/mol. The van der Waals surface area contributed by atoms with E-state index in [2.05, 4.69) is 12.2 Å². The largest absolute Gasteiger partial charge is 0.378 e. The van der Waals surface area contributed by atoms with Crippen molar-refractivity contribution in [2.24, 2.45) is 5.92 Å². The van der Waals surface area contributed by atoms with Crippen molar-refractivity contribution in [1.82, 2.24) is 0 Å². The lowest BCUT2D eigenvalue weighted by Crippen LogP contribution is -2.16. The van der Waals surface area contributed by atoms with Crippen LogP contribution < -0.4 is 0 Å². The van der Waals surface area contributed by atoms with Crippen LogP contribution in [0.1, 0.15) is 38.5 Å². The van der Waals surface area contributed by atoms with E-state index in [1.54, 1.807) is 11.1 Å². The van der Waals surface area contributed by atoms with Gasteiger partial charge in [0.2, 0.25) is 0 Å². The highest BCUT2D eigenvalue weighted by Gasteiger charge is 2.26. The third-order valence-corrected chi connectivity index (χ3v) is 4.04. The SMILES string of the molecule is C1=C(C(COCC2CO2)C2=CCCC2)CCC1. The monoisotopic (exact) mass is 234 g/mol. The second-order valence-corrected chi connectivity index (χ2v) is 5.39. The van der Waals surface area contributed by atoms with Crippen molar-refractivity contribution < 1.29 is 9.47 Å². The first-order valence-corrected chi connectivity index (χ1v) is 7.00. The second-order valence-electron chi connectivity index (χ2n) is 5.39. The lowest BCUT2D eigenvalue weighted by molar-refractivity contribution is 0.101. The molecule has 0 saturated carbocycles. The first-order valence-electron chi connectivity index (χ1n) is 7.00. The van der Waals surface area contributed by atoms with E-state index in [4.69, 9.17) is 9.47 Å². The number of epoxide rings is 1. The molecule has 94 valence electrons. The molecule has 17 heavy (non-hydrogen) atoms. The molecule has 1 unspecified atom stereocenters. The smallest absolute Gasteiger partial charge is 0.104 e. The summed E-state index contributed by atoms with van der Waals surface area (Å²) in [6, 6.07) is 0. The zero-order chi connectivity index (χ0) is 11.5. The van der Waals surface area contributed by atoms with E-state index < -0.39 is 0 Å². The normalized spacial score (nSPS) is 27.5.